The number of rotatable bonds is 4. The summed E-state index contributed by atoms with van der Waals surface area (Å²) in [5.74, 6) is 0. The molecule has 2 rings (SSSR count). The van der Waals surface area contributed by atoms with E-state index in [1.165, 1.54) is 10.0 Å². The molecular weight excluding hydrogens is 284 g/mol. The quantitative estimate of drug-likeness (QED) is 0.858. The molecule has 0 spiro atoms. The summed E-state index contributed by atoms with van der Waals surface area (Å²) in [6, 6.07) is 8.32. The monoisotopic (exact) mass is 296 g/mol. The fraction of sp³-hybridized carbons (Fsp3) is 0.250. The van der Waals surface area contributed by atoms with E-state index in [9.17, 15) is 0 Å². The summed E-state index contributed by atoms with van der Waals surface area (Å²) in [5, 5.41) is 2.09. The average molecular weight is 297 g/mol. The van der Waals surface area contributed by atoms with Gasteiger partial charge in [-0.1, -0.05) is 34.1 Å². The lowest BCUT2D eigenvalue weighted by Crippen LogP contribution is -2.17. The van der Waals surface area contributed by atoms with Crippen molar-refractivity contribution >= 4 is 27.3 Å². The van der Waals surface area contributed by atoms with Crippen LogP contribution >= 0.6 is 27.3 Å². The fourth-order valence-corrected chi connectivity index (χ4v) is 2.53. The van der Waals surface area contributed by atoms with Crippen molar-refractivity contribution in [3.05, 3.63) is 50.9 Å². The Labute approximate surface area is 108 Å². The molecule has 0 amide bonds. The van der Waals surface area contributed by atoms with Gasteiger partial charge in [0.2, 0.25) is 0 Å². The van der Waals surface area contributed by atoms with Gasteiger partial charge >= 0.3 is 0 Å². The zero-order valence-electron chi connectivity index (χ0n) is 9.06. The summed E-state index contributed by atoms with van der Waals surface area (Å²) in [6.45, 7) is 1.82. The van der Waals surface area contributed by atoms with E-state index in [4.69, 9.17) is 0 Å². The molecule has 2 nitrogen and oxygen atoms in total. The molecule has 1 aromatic heterocycles. The van der Waals surface area contributed by atoms with Gasteiger partial charge in [0.25, 0.3) is 0 Å². The first kappa shape index (κ1) is 11.8. The van der Waals surface area contributed by atoms with Gasteiger partial charge in [-0.15, -0.1) is 11.3 Å². The molecule has 0 atom stereocenters. The molecule has 0 bridgehead atoms. The SMILES string of the molecule is CN(Cc1cscn1)Cc1ccccc1Br. The first-order valence-corrected chi connectivity index (χ1v) is 6.78. The third-order valence-electron chi connectivity index (χ3n) is 2.31. The van der Waals surface area contributed by atoms with Gasteiger partial charge in [0, 0.05) is 22.9 Å². The highest BCUT2D eigenvalue weighted by molar-refractivity contribution is 9.10. The van der Waals surface area contributed by atoms with E-state index in [1.54, 1.807) is 11.3 Å². The minimum Gasteiger partial charge on any atom is -0.296 e. The third-order valence-corrected chi connectivity index (χ3v) is 3.72. The van der Waals surface area contributed by atoms with Gasteiger partial charge in [0.15, 0.2) is 0 Å². The maximum atomic E-state index is 4.29. The molecule has 1 heterocycles. The summed E-state index contributed by atoms with van der Waals surface area (Å²) in [7, 11) is 2.11. The Morgan fingerprint density at radius 2 is 2.12 bits per heavy atom. The standard InChI is InChI=1S/C12H13BrN2S/c1-15(7-11-8-16-9-14-11)6-10-4-2-3-5-12(10)13/h2-5,8-9H,6-7H2,1H3. The molecule has 0 saturated carbocycles. The van der Waals surface area contributed by atoms with Crippen LogP contribution in [0, 0.1) is 0 Å². The van der Waals surface area contributed by atoms with E-state index in [1.807, 2.05) is 11.6 Å². The van der Waals surface area contributed by atoms with Crippen LogP contribution < -0.4 is 0 Å². The Bertz CT molecular complexity index is 442. The van der Waals surface area contributed by atoms with Crippen molar-refractivity contribution in [1.29, 1.82) is 0 Å². The highest BCUT2D eigenvalue weighted by Gasteiger charge is 2.05. The van der Waals surface area contributed by atoms with Gasteiger partial charge in [0.05, 0.1) is 11.2 Å². The molecule has 0 fully saturated rings. The van der Waals surface area contributed by atoms with E-state index >= 15 is 0 Å². The fourth-order valence-electron chi connectivity index (χ4n) is 1.57. The zero-order valence-corrected chi connectivity index (χ0v) is 11.5. The first-order chi connectivity index (χ1) is 7.75. The molecule has 0 N–H and O–H groups in total. The van der Waals surface area contributed by atoms with Gasteiger partial charge in [-0.3, -0.25) is 4.90 Å². The van der Waals surface area contributed by atoms with E-state index in [2.05, 4.69) is 56.4 Å². The normalized spacial score (nSPS) is 10.9. The van der Waals surface area contributed by atoms with Crippen molar-refractivity contribution in [3.8, 4) is 0 Å². The van der Waals surface area contributed by atoms with E-state index in [0.29, 0.717) is 0 Å². The third kappa shape index (κ3) is 3.14. The molecule has 0 radical (unpaired) electrons. The molecule has 0 aliphatic heterocycles. The Morgan fingerprint density at radius 3 is 2.81 bits per heavy atom. The zero-order chi connectivity index (χ0) is 11.4. The average Bonchev–Trinajstić information content (AvgIpc) is 2.74. The summed E-state index contributed by atoms with van der Waals surface area (Å²) >= 11 is 5.21. The number of aromatic nitrogens is 1. The molecule has 1 aromatic carbocycles. The van der Waals surface area contributed by atoms with Crippen LogP contribution in [-0.4, -0.2) is 16.9 Å². The van der Waals surface area contributed by atoms with Crippen molar-refractivity contribution in [2.75, 3.05) is 7.05 Å². The van der Waals surface area contributed by atoms with Crippen LogP contribution in [0.25, 0.3) is 0 Å². The Kier molecular flexibility index (Phi) is 4.09. The summed E-state index contributed by atoms with van der Waals surface area (Å²) in [4.78, 5) is 6.54. The molecule has 0 aliphatic rings. The van der Waals surface area contributed by atoms with E-state index in [-0.39, 0.29) is 0 Å². The number of hydrogen-bond acceptors (Lipinski definition) is 3. The molecule has 16 heavy (non-hydrogen) atoms. The Hall–Kier alpha value is -0.710. The van der Waals surface area contributed by atoms with Gasteiger partial charge in [0.1, 0.15) is 0 Å². The second-order valence-corrected chi connectivity index (χ2v) is 5.32. The van der Waals surface area contributed by atoms with Crippen molar-refractivity contribution < 1.29 is 0 Å². The highest BCUT2D eigenvalue weighted by Crippen LogP contribution is 2.18. The second kappa shape index (κ2) is 5.57. The maximum Gasteiger partial charge on any atom is 0.0795 e. The molecule has 4 heteroatoms. The smallest absolute Gasteiger partial charge is 0.0795 e. The van der Waals surface area contributed by atoms with Gasteiger partial charge < -0.3 is 0 Å². The number of hydrogen-bond donors (Lipinski definition) is 0. The number of thiazole rings is 1. The van der Waals surface area contributed by atoms with Crippen LogP contribution in [0.5, 0.6) is 0 Å². The number of benzene rings is 1. The molecule has 2 aromatic rings. The first-order valence-electron chi connectivity index (χ1n) is 5.04. The van der Waals surface area contributed by atoms with Crippen LogP contribution in [0.15, 0.2) is 39.6 Å². The minimum absolute atomic E-state index is 0.894. The molecule has 0 aliphatic carbocycles. The topological polar surface area (TPSA) is 16.1 Å². The largest absolute Gasteiger partial charge is 0.296 e. The predicted octanol–water partition coefficient (Wildman–Crippen LogP) is 3.54. The lowest BCUT2D eigenvalue weighted by Gasteiger charge is -2.16. The van der Waals surface area contributed by atoms with Gasteiger partial charge in [-0.25, -0.2) is 4.98 Å². The van der Waals surface area contributed by atoms with Gasteiger partial charge in [-0.2, -0.15) is 0 Å². The number of halogens is 1. The minimum atomic E-state index is 0.894. The second-order valence-electron chi connectivity index (χ2n) is 3.74. The molecule has 0 saturated heterocycles. The molecular formula is C12H13BrN2S. The maximum absolute atomic E-state index is 4.29. The van der Waals surface area contributed by atoms with Crippen LogP contribution in [0.1, 0.15) is 11.3 Å². The van der Waals surface area contributed by atoms with Crippen LogP contribution in [0.2, 0.25) is 0 Å². The summed E-state index contributed by atoms with van der Waals surface area (Å²) in [5.41, 5.74) is 4.32. The van der Waals surface area contributed by atoms with Crippen molar-refractivity contribution in [1.82, 2.24) is 9.88 Å². The Morgan fingerprint density at radius 1 is 1.31 bits per heavy atom. The summed E-state index contributed by atoms with van der Waals surface area (Å²) in [6.07, 6.45) is 0. The Balaban J connectivity index is 1.97. The molecule has 84 valence electrons. The van der Waals surface area contributed by atoms with Crippen LogP contribution in [0.3, 0.4) is 0 Å². The van der Waals surface area contributed by atoms with E-state index < -0.39 is 0 Å². The number of nitrogens with zero attached hydrogens (tertiary/aromatic N) is 2. The highest BCUT2D eigenvalue weighted by atomic mass is 79.9. The van der Waals surface area contributed by atoms with E-state index in [0.717, 1.165) is 18.8 Å². The van der Waals surface area contributed by atoms with Crippen LogP contribution in [-0.2, 0) is 13.1 Å². The lowest BCUT2D eigenvalue weighted by molar-refractivity contribution is 0.315. The van der Waals surface area contributed by atoms with Crippen molar-refractivity contribution in [2.45, 2.75) is 13.1 Å². The van der Waals surface area contributed by atoms with Crippen molar-refractivity contribution in [3.63, 3.8) is 0 Å². The predicted molar refractivity (Wildman–Crippen MR) is 71.4 cm³/mol. The lowest BCUT2D eigenvalue weighted by atomic mass is 10.2. The van der Waals surface area contributed by atoms with Crippen molar-refractivity contribution in [2.24, 2.45) is 0 Å². The molecule has 0 unspecified atom stereocenters. The van der Waals surface area contributed by atoms with Crippen LogP contribution in [0.4, 0.5) is 0 Å². The van der Waals surface area contributed by atoms with Gasteiger partial charge in [-0.05, 0) is 18.7 Å². The summed E-state index contributed by atoms with van der Waals surface area (Å²) < 4.78 is 1.17.